The lowest BCUT2D eigenvalue weighted by atomic mass is 9.96. The van der Waals surface area contributed by atoms with E-state index in [4.69, 9.17) is 11.5 Å². The van der Waals surface area contributed by atoms with Crippen LogP contribution >= 0.6 is 0 Å². The van der Waals surface area contributed by atoms with Crippen LogP contribution in [0.4, 0.5) is 0 Å². The topological polar surface area (TPSA) is 220 Å². The number of hydrogen-bond acceptors (Lipinski definition) is 7. The molecule has 204 valence electrons. The minimum Gasteiger partial charge on any atom is -0.370 e. The molecule has 0 radical (unpaired) electrons. The van der Waals surface area contributed by atoms with Crippen LogP contribution in [-0.4, -0.2) is 65.9 Å². The molecule has 0 fully saturated rings. The smallest absolute Gasteiger partial charge is 0.243 e. The van der Waals surface area contributed by atoms with Gasteiger partial charge in [0.2, 0.25) is 35.4 Å². The fourth-order valence-electron chi connectivity index (χ4n) is 3.34. The Bertz CT molecular complexity index is 817. The molecule has 0 spiro atoms. The number of carbonyl (C=O) groups is 7. The third-order valence-corrected chi connectivity index (χ3v) is 5.64. The molecule has 8 N–H and O–H groups in total. The number of primary amides is 2. The Labute approximate surface area is 211 Å². The van der Waals surface area contributed by atoms with Crippen LogP contribution in [0.3, 0.4) is 0 Å². The van der Waals surface area contributed by atoms with Gasteiger partial charge in [0.25, 0.3) is 0 Å². The van der Waals surface area contributed by atoms with Crippen molar-refractivity contribution in [3.63, 3.8) is 0 Å². The summed E-state index contributed by atoms with van der Waals surface area (Å²) in [6, 6.07) is -4.39. The van der Waals surface area contributed by atoms with E-state index in [0.29, 0.717) is 12.7 Å². The highest BCUT2D eigenvalue weighted by Gasteiger charge is 2.33. The molecule has 0 rings (SSSR count). The predicted molar refractivity (Wildman–Crippen MR) is 131 cm³/mol. The summed E-state index contributed by atoms with van der Waals surface area (Å²) >= 11 is 0. The molecule has 0 aromatic carbocycles. The fourth-order valence-corrected chi connectivity index (χ4v) is 3.34. The Morgan fingerprint density at radius 3 is 1.75 bits per heavy atom. The molecule has 0 saturated carbocycles. The first-order valence-electron chi connectivity index (χ1n) is 11.9. The van der Waals surface area contributed by atoms with E-state index >= 15 is 0 Å². The van der Waals surface area contributed by atoms with E-state index in [0.717, 1.165) is 0 Å². The van der Waals surface area contributed by atoms with Crippen molar-refractivity contribution in [2.75, 3.05) is 0 Å². The molecule has 36 heavy (non-hydrogen) atoms. The third-order valence-electron chi connectivity index (χ3n) is 5.64. The Balaban J connectivity index is 5.80. The van der Waals surface area contributed by atoms with Gasteiger partial charge in [-0.15, -0.1) is 0 Å². The van der Waals surface area contributed by atoms with Crippen LogP contribution < -0.4 is 32.7 Å². The first kappa shape index (κ1) is 32.5. The van der Waals surface area contributed by atoms with E-state index in [1.54, 1.807) is 20.8 Å². The highest BCUT2D eigenvalue weighted by molar-refractivity contribution is 5.95. The second kappa shape index (κ2) is 16.2. The monoisotopic (exact) mass is 512 g/mol. The highest BCUT2D eigenvalue weighted by Crippen LogP contribution is 2.11. The molecule has 0 heterocycles. The van der Waals surface area contributed by atoms with Crippen LogP contribution in [-0.2, 0) is 33.6 Å². The highest BCUT2D eigenvalue weighted by atomic mass is 16.2. The summed E-state index contributed by atoms with van der Waals surface area (Å²) in [5.41, 5.74) is 10.6. The van der Waals surface area contributed by atoms with Crippen LogP contribution in [0, 0.1) is 11.8 Å². The molecular formula is C23H40N6O7. The number of rotatable bonds is 17. The maximum Gasteiger partial charge on any atom is 0.243 e. The number of aldehydes is 1. The normalized spacial score (nSPS) is 14.9. The summed E-state index contributed by atoms with van der Waals surface area (Å²) in [5.74, 6) is -4.73. The molecule has 6 amide bonds. The summed E-state index contributed by atoms with van der Waals surface area (Å²) in [7, 11) is 0. The quantitative estimate of drug-likeness (QED) is 0.125. The summed E-state index contributed by atoms with van der Waals surface area (Å²) in [6.45, 7) is 8.14. The largest absolute Gasteiger partial charge is 0.370 e. The Morgan fingerprint density at radius 2 is 1.31 bits per heavy atom. The lowest BCUT2D eigenvalue weighted by Gasteiger charge is -2.29. The maximum absolute atomic E-state index is 13.1. The van der Waals surface area contributed by atoms with E-state index in [-0.39, 0.29) is 37.5 Å². The lowest BCUT2D eigenvalue weighted by molar-refractivity contribution is -0.135. The van der Waals surface area contributed by atoms with Gasteiger partial charge in [-0.3, -0.25) is 28.8 Å². The molecule has 13 heteroatoms. The summed E-state index contributed by atoms with van der Waals surface area (Å²) in [4.78, 5) is 84.2. The van der Waals surface area contributed by atoms with Crippen LogP contribution in [0.15, 0.2) is 0 Å². The Hall–Kier alpha value is -3.51. The van der Waals surface area contributed by atoms with Gasteiger partial charge in [-0.25, -0.2) is 0 Å². The summed E-state index contributed by atoms with van der Waals surface area (Å²) in [6.07, 6.45) is 0.665. The molecule has 5 atom stereocenters. The van der Waals surface area contributed by atoms with E-state index in [9.17, 15) is 33.6 Å². The van der Waals surface area contributed by atoms with E-state index in [1.807, 2.05) is 6.92 Å². The molecule has 1 unspecified atom stereocenters. The van der Waals surface area contributed by atoms with E-state index < -0.39 is 59.6 Å². The number of hydrogen-bond donors (Lipinski definition) is 6. The number of nitrogens with two attached hydrogens (primary N) is 2. The zero-order chi connectivity index (χ0) is 28.0. The third kappa shape index (κ3) is 11.8. The van der Waals surface area contributed by atoms with Crippen molar-refractivity contribution >= 4 is 41.7 Å². The SMILES string of the molecule is CCC(C)[C@H](NC(=O)[C@H](CCC(N)=O)NC(=O)[C@H](CCC=O)NC(C)=O)C(=O)N[C@H](C(N)=O)C(C)C. The van der Waals surface area contributed by atoms with Crippen LogP contribution in [0.25, 0.3) is 0 Å². The van der Waals surface area contributed by atoms with Gasteiger partial charge in [-0.2, -0.15) is 0 Å². The van der Waals surface area contributed by atoms with E-state index in [1.165, 1.54) is 6.92 Å². The number of carbonyl (C=O) groups excluding carboxylic acids is 7. The van der Waals surface area contributed by atoms with Gasteiger partial charge in [0.15, 0.2) is 0 Å². The van der Waals surface area contributed by atoms with Crippen LogP contribution in [0.1, 0.15) is 66.7 Å². The van der Waals surface area contributed by atoms with Crippen molar-refractivity contribution < 1.29 is 33.6 Å². The molecule has 0 aliphatic heterocycles. The van der Waals surface area contributed by atoms with Crippen LogP contribution in [0.2, 0.25) is 0 Å². The van der Waals surface area contributed by atoms with E-state index in [2.05, 4.69) is 21.3 Å². The number of amides is 6. The molecule has 13 nitrogen and oxygen atoms in total. The zero-order valence-corrected chi connectivity index (χ0v) is 21.6. The minimum atomic E-state index is -1.27. The number of nitrogens with one attached hydrogen (secondary N) is 4. The standard InChI is InChI=1S/C23H40N6O7/c1-6-13(4)19(23(36)28-18(12(2)3)20(25)33)29-22(35)16(9-10-17(24)32)27-21(34)15(8-7-11-30)26-14(5)31/h11-13,15-16,18-19H,6-10H2,1-5H3,(H2,24,32)(H2,25,33)(H,26,31)(H,27,34)(H,28,36)(H,29,35)/t13?,15-,16-,18-,19-/m0/s1. The average Bonchev–Trinajstić information content (AvgIpc) is 2.79. The predicted octanol–water partition coefficient (Wildman–Crippen LogP) is -1.62. The first-order chi connectivity index (χ1) is 16.7. The van der Waals surface area contributed by atoms with Crippen molar-refractivity contribution in [2.45, 2.75) is 90.9 Å². The molecule has 0 bridgehead atoms. The second-order valence-corrected chi connectivity index (χ2v) is 9.07. The average molecular weight is 513 g/mol. The maximum atomic E-state index is 13.1. The van der Waals surface area contributed by atoms with Crippen molar-refractivity contribution in [1.29, 1.82) is 0 Å². The molecule has 0 aromatic rings. The van der Waals surface area contributed by atoms with Gasteiger partial charge in [0, 0.05) is 19.8 Å². The summed E-state index contributed by atoms with van der Waals surface area (Å²) < 4.78 is 0. The van der Waals surface area contributed by atoms with Gasteiger partial charge >= 0.3 is 0 Å². The van der Waals surface area contributed by atoms with Gasteiger partial charge in [-0.1, -0.05) is 34.1 Å². The molecule has 0 aliphatic rings. The molecule has 0 aliphatic carbocycles. The Morgan fingerprint density at radius 1 is 0.778 bits per heavy atom. The van der Waals surface area contributed by atoms with Crippen molar-refractivity contribution in [2.24, 2.45) is 23.3 Å². The van der Waals surface area contributed by atoms with Gasteiger partial charge in [-0.05, 0) is 24.7 Å². The minimum absolute atomic E-state index is 0.000674. The van der Waals surface area contributed by atoms with Crippen molar-refractivity contribution in [3.8, 4) is 0 Å². The Kier molecular flexibility index (Phi) is 14.6. The zero-order valence-electron chi connectivity index (χ0n) is 21.6. The molecule has 0 saturated heterocycles. The molecule has 0 aromatic heterocycles. The van der Waals surface area contributed by atoms with Crippen molar-refractivity contribution in [3.05, 3.63) is 0 Å². The van der Waals surface area contributed by atoms with Gasteiger partial charge in [0.05, 0.1) is 0 Å². The van der Waals surface area contributed by atoms with Crippen molar-refractivity contribution in [1.82, 2.24) is 21.3 Å². The van der Waals surface area contributed by atoms with Gasteiger partial charge in [0.1, 0.15) is 30.5 Å². The summed E-state index contributed by atoms with van der Waals surface area (Å²) in [5, 5.41) is 10.0. The van der Waals surface area contributed by atoms with Crippen LogP contribution in [0.5, 0.6) is 0 Å². The lowest BCUT2D eigenvalue weighted by Crippen LogP contribution is -2.60. The van der Waals surface area contributed by atoms with Gasteiger partial charge < -0.3 is 37.5 Å². The fraction of sp³-hybridized carbons (Fsp3) is 0.696. The molecular weight excluding hydrogens is 472 g/mol. The first-order valence-corrected chi connectivity index (χ1v) is 11.9. The second-order valence-electron chi connectivity index (χ2n) is 9.07.